The van der Waals surface area contributed by atoms with Crippen LogP contribution in [0.2, 0.25) is 0 Å². The molecule has 0 aliphatic heterocycles. The third kappa shape index (κ3) is 4.44. The van der Waals surface area contributed by atoms with Crippen molar-refractivity contribution < 1.29 is 9.53 Å². The summed E-state index contributed by atoms with van der Waals surface area (Å²) in [6.45, 7) is 4.31. The smallest absolute Gasteiger partial charge is 0.317 e. The molecule has 4 nitrogen and oxygen atoms in total. The molecule has 2 rings (SSSR count). The summed E-state index contributed by atoms with van der Waals surface area (Å²) < 4.78 is 5.53. The van der Waals surface area contributed by atoms with E-state index in [0.29, 0.717) is 6.04 Å². The molecule has 1 aromatic carbocycles. The number of rotatable bonds is 4. The van der Waals surface area contributed by atoms with Crippen molar-refractivity contribution in [1.29, 1.82) is 0 Å². The summed E-state index contributed by atoms with van der Waals surface area (Å²) >= 11 is 0. The van der Waals surface area contributed by atoms with Gasteiger partial charge in [-0.15, -0.1) is 0 Å². The molecule has 0 radical (unpaired) electrons. The molecule has 0 atom stereocenters. The number of nitrogens with one attached hydrogen (secondary N) is 2. The van der Waals surface area contributed by atoms with Crippen LogP contribution in [0, 0.1) is 13.8 Å². The second-order valence-electron chi connectivity index (χ2n) is 5.52. The quantitative estimate of drug-likeness (QED) is 0.829. The zero-order valence-corrected chi connectivity index (χ0v) is 12.4. The van der Waals surface area contributed by atoms with Crippen molar-refractivity contribution in [3.05, 3.63) is 29.3 Å². The lowest BCUT2D eigenvalue weighted by Gasteiger charge is -2.22. The SMILES string of the molecule is Cc1ccc(OCNC(=O)NC2CCCCC2)cc1C. The molecule has 1 aromatic rings. The van der Waals surface area contributed by atoms with E-state index in [1.165, 1.54) is 30.4 Å². The summed E-state index contributed by atoms with van der Waals surface area (Å²) in [5, 5.41) is 5.74. The van der Waals surface area contributed by atoms with Gasteiger partial charge in [-0.2, -0.15) is 0 Å². The lowest BCUT2D eigenvalue weighted by molar-refractivity contribution is 0.217. The first-order valence-corrected chi connectivity index (χ1v) is 7.39. The maximum absolute atomic E-state index is 11.7. The molecule has 0 unspecified atom stereocenters. The van der Waals surface area contributed by atoms with Crippen LogP contribution in [0.1, 0.15) is 43.2 Å². The van der Waals surface area contributed by atoms with Crippen molar-refractivity contribution in [2.24, 2.45) is 0 Å². The molecule has 0 heterocycles. The molecule has 1 aliphatic rings. The van der Waals surface area contributed by atoms with Gasteiger partial charge in [0.15, 0.2) is 6.73 Å². The van der Waals surface area contributed by atoms with E-state index in [1.54, 1.807) is 0 Å². The van der Waals surface area contributed by atoms with Gasteiger partial charge in [0.2, 0.25) is 0 Å². The number of carbonyl (C=O) groups excluding carboxylic acids is 1. The first-order chi connectivity index (χ1) is 9.65. The van der Waals surface area contributed by atoms with Gasteiger partial charge in [-0.25, -0.2) is 4.79 Å². The van der Waals surface area contributed by atoms with Crippen LogP contribution >= 0.6 is 0 Å². The summed E-state index contributed by atoms with van der Waals surface area (Å²) in [5.41, 5.74) is 2.43. The molecular formula is C16H24N2O2. The summed E-state index contributed by atoms with van der Waals surface area (Å²) in [6.07, 6.45) is 5.89. The number of amides is 2. The van der Waals surface area contributed by atoms with Gasteiger partial charge in [-0.3, -0.25) is 0 Å². The predicted octanol–water partition coefficient (Wildman–Crippen LogP) is 3.27. The monoisotopic (exact) mass is 276 g/mol. The highest BCUT2D eigenvalue weighted by molar-refractivity contribution is 5.74. The highest BCUT2D eigenvalue weighted by Gasteiger charge is 2.15. The topological polar surface area (TPSA) is 50.4 Å². The van der Waals surface area contributed by atoms with Crippen LogP contribution in [-0.2, 0) is 0 Å². The van der Waals surface area contributed by atoms with E-state index in [2.05, 4.69) is 17.6 Å². The number of ether oxygens (including phenoxy) is 1. The minimum atomic E-state index is -0.138. The maximum Gasteiger partial charge on any atom is 0.317 e. The van der Waals surface area contributed by atoms with Crippen LogP contribution in [0.3, 0.4) is 0 Å². The average molecular weight is 276 g/mol. The highest BCUT2D eigenvalue weighted by atomic mass is 16.5. The molecule has 2 amide bonds. The van der Waals surface area contributed by atoms with E-state index in [0.717, 1.165) is 18.6 Å². The zero-order valence-electron chi connectivity index (χ0n) is 12.4. The van der Waals surface area contributed by atoms with E-state index in [9.17, 15) is 4.79 Å². The Morgan fingerprint density at radius 3 is 2.65 bits per heavy atom. The van der Waals surface area contributed by atoms with Gasteiger partial charge in [-0.1, -0.05) is 25.3 Å². The fourth-order valence-electron chi connectivity index (χ4n) is 2.47. The van der Waals surface area contributed by atoms with Crippen LogP contribution in [0.25, 0.3) is 0 Å². The molecule has 1 aliphatic carbocycles. The second kappa shape index (κ2) is 7.17. The number of aryl methyl sites for hydroxylation is 2. The molecule has 0 spiro atoms. The van der Waals surface area contributed by atoms with E-state index in [4.69, 9.17) is 4.74 Å². The van der Waals surface area contributed by atoms with E-state index in [1.807, 2.05) is 25.1 Å². The van der Waals surface area contributed by atoms with Crippen molar-refractivity contribution >= 4 is 6.03 Å². The normalized spacial score (nSPS) is 15.7. The lowest BCUT2D eigenvalue weighted by atomic mass is 9.96. The fraction of sp³-hybridized carbons (Fsp3) is 0.562. The zero-order chi connectivity index (χ0) is 14.4. The van der Waals surface area contributed by atoms with Gasteiger partial charge >= 0.3 is 6.03 Å². The highest BCUT2D eigenvalue weighted by Crippen LogP contribution is 2.17. The van der Waals surface area contributed by atoms with Crippen molar-refractivity contribution in [3.63, 3.8) is 0 Å². The summed E-state index contributed by atoms with van der Waals surface area (Å²) in [4.78, 5) is 11.7. The average Bonchev–Trinajstić information content (AvgIpc) is 2.44. The molecule has 4 heteroatoms. The minimum Gasteiger partial charge on any atom is -0.473 e. The van der Waals surface area contributed by atoms with E-state index in [-0.39, 0.29) is 12.8 Å². The number of hydrogen-bond donors (Lipinski definition) is 2. The maximum atomic E-state index is 11.7. The van der Waals surface area contributed by atoms with Gasteiger partial charge in [0.1, 0.15) is 5.75 Å². The molecule has 0 saturated heterocycles. The molecule has 20 heavy (non-hydrogen) atoms. The number of urea groups is 1. The Balaban J connectivity index is 1.69. The van der Waals surface area contributed by atoms with Crippen LogP contribution in [0.4, 0.5) is 4.79 Å². The Morgan fingerprint density at radius 1 is 1.20 bits per heavy atom. The van der Waals surface area contributed by atoms with Crippen molar-refractivity contribution in [2.75, 3.05) is 6.73 Å². The summed E-state index contributed by atoms with van der Waals surface area (Å²) in [6, 6.07) is 6.11. The first kappa shape index (κ1) is 14.7. The Morgan fingerprint density at radius 2 is 1.95 bits per heavy atom. The molecular weight excluding hydrogens is 252 g/mol. The van der Waals surface area contributed by atoms with Crippen LogP contribution in [0.15, 0.2) is 18.2 Å². The standard InChI is InChI=1S/C16H24N2O2/c1-12-8-9-15(10-13(12)2)20-11-17-16(19)18-14-6-4-3-5-7-14/h8-10,14H,3-7,11H2,1-2H3,(H2,17,18,19). The molecule has 0 bridgehead atoms. The largest absolute Gasteiger partial charge is 0.473 e. The van der Waals surface area contributed by atoms with Gasteiger partial charge in [-0.05, 0) is 49.9 Å². The summed E-state index contributed by atoms with van der Waals surface area (Å²) in [7, 11) is 0. The molecule has 1 fully saturated rings. The Labute approximate surface area is 120 Å². The third-order valence-corrected chi connectivity index (χ3v) is 3.89. The van der Waals surface area contributed by atoms with Crippen LogP contribution in [-0.4, -0.2) is 18.8 Å². The van der Waals surface area contributed by atoms with Crippen LogP contribution in [0.5, 0.6) is 5.75 Å². The molecule has 2 N–H and O–H groups in total. The van der Waals surface area contributed by atoms with Gasteiger partial charge in [0.05, 0.1) is 0 Å². The number of hydrogen-bond acceptors (Lipinski definition) is 2. The Kier molecular flexibility index (Phi) is 5.27. The van der Waals surface area contributed by atoms with Crippen molar-refractivity contribution in [1.82, 2.24) is 10.6 Å². The minimum absolute atomic E-state index is 0.138. The lowest BCUT2D eigenvalue weighted by Crippen LogP contribution is -2.44. The Hall–Kier alpha value is -1.71. The molecule has 110 valence electrons. The van der Waals surface area contributed by atoms with E-state index >= 15 is 0 Å². The van der Waals surface area contributed by atoms with Crippen LogP contribution < -0.4 is 15.4 Å². The Bertz CT molecular complexity index is 454. The number of carbonyl (C=O) groups is 1. The van der Waals surface area contributed by atoms with Gasteiger partial charge in [0, 0.05) is 6.04 Å². The molecule has 0 aromatic heterocycles. The van der Waals surface area contributed by atoms with E-state index < -0.39 is 0 Å². The van der Waals surface area contributed by atoms with Gasteiger partial charge < -0.3 is 15.4 Å². The number of benzene rings is 1. The summed E-state index contributed by atoms with van der Waals surface area (Å²) in [5.74, 6) is 0.783. The fourth-order valence-corrected chi connectivity index (χ4v) is 2.47. The van der Waals surface area contributed by atoms with Crippen molar-refractivity contribution in [2.45, 2.75) is 52.0 Å². The first-order valence-electron chi connectivity index (χ1n) is 7.39. The molecule has 1 saturated carbocycles. The predicted molar refractivity (Wildman–Crippen MR) is 80.0 cm³/mol. The van der Waals surface area contributed by atoms with Gasteiger partial charge in [0.25, 0.3) is 0 Å². The van der Waals surface area contributed by atoms with Crippen molar-refractivity contribution in [3.8, 4) is 5.75 Å². The third-order valence-electron chi connectivity index (χ3n) is 3.89. The second-order valence-corrected chi connectivity index (χ2v) is 5.52.